The third-order valence-electron chi connectivity index (χ3n) is 0. The summed E-state index contributed by atoms with van der Waals surface area (Å²) in [5.41, 5.74) is 0. The van der Waals surface area contributed by atoms with Crippen molar-refractivity contribution in [2.75, 3.05) is 0 Å². The van der Waals surface area contributed by atoms with Crippen LogP contribution in [-0.4, -0.2) is 42.0 Å². The molecule has 0 aromatic rings. The Morgan fingerprint density at radius 2 is 1.20 bits per heavy atom. The van der Waals surface area contributed by atoms with Crippen molar-refractivity contribution in [3.8, 4) is 0 Å². The molecule has 0 spiro atoms. The van der Waals surface area contributed by atoms with Crippen LogP contribution in [0, 0.1) is 0 Å². The second-order valence-corrected chi connectivity index (χ2v) is 0.0833. The molecule has 0 saturated heterocycles. The molecule has 0 unspecified atom stereocenters. The van der Waals surface area contributed by atoms with Crippen molar-refractivity contribution in [1.82, 2.24) is 0 Å². The van der Waals surface area contributed by atoms with E-state index in [-0.39, 0.29) is 42.0 Å². The Morgan fingerprint density at radius 3 is 1.20 bits per heavy atom. The molecule has 24 valence electrons. The first-order chi connectivity index (χ1) is 2.41. The Labute approximate surface area is 52.8 Å². The predicted octanol–water partition coefficient (Wildman–Crippen LogP) is -1.08. The monoisotopic (exact) mass is 99.9 g/mol. The molecule has 0 aliphatic carbocycles. The zero-order valence-corrected chi connectivity index (χ0v) is 4.64. The molecule has 0 fully saturated rings. The van der Waals surface area contributed by atoms with Crippen LogP contribution in [-0.2, 0) is 11.0 Å². The van der Waals surface area contributed by atoms with Crippen molar-refractivity contribution >= 4 is 42.0 Å². The normalized spacial score (nSPS) is 2.80. The van der Waals surface area contributed by atoms with Crippen molar-refractivity contribution in [3.05, 3.63) is 0 Å². The fourth-order valence-electron chi connectivity index (χ4n) is 0. The molecule has 0 heterocycles. The number of rotatable bonds is 0. The van der Waals surface area contributed by atoms with Crippen molar-refractivity contribution in [2.45, 2.75) is 0 Å². The van der Waals surface area contributed by atoms with E-state index in [2.05, 4.69) is 0 Å². The van der Waals surface area contributed by atoms with Crippen LogP contribution in [0.15, 0.2) is 0 Å². The van der Waals surface area contributed by atoms with Gasteiger partial charge in [-0.2, -0.15) is 9.59 Å². The molecule has 0 atom stereocenters. The van der Waals surface area contributed by atoms with Gasteiger partial charge in [0.05, 0.1) is 0 Å². The van der Waals surface area contributed by atoms with Gasteiger partial charge in [-0.15, -0.1) is 0 Å². The minimum absolute atomic E-state index is 0.125. The average molecular weight is 100 g/mol. The van der Waals surface area contributed by atoms with E-state index >= 15 is 0 Å². The third-order valence-corrected chi connectivity index (χ3v) is 0. The van der Waals surface area contributed by atoms with Gasteiger partial charge in [-0.25, -0.2) is 0 Å². The molecule has 3 nitrogen and oxygen atoms in total. The molecule has 0 aliphatic heterocycles. The summed E-state index contributed by atoms with van der Waals surface area (Å²) in [6.45, 7) is 0. The fraction of sp³-hybridized carbons (Fsp3) is 0. The van der Waals surface area contributed by atoms with E-state index < -0.39 is 0 Å². The van der Waals surface area contributed by atoms with Crippen LogP contribution >= 0.6 is 0 Å². The van der Waals surface area contributed by atoms with Gasteiger partial charge < -0.3 is 0 Å². The number of hydrogen-bond donors (Lipinski definition) is 0. The van der Waals surface area contributed by atoms with Gasteiger partial charge in [0.1, 0.15) is 0 Å². The molecule has 4 heteroatoms. The first-order valence-corrected chi connectivity index (χ1v) is 1.60. The van der Waals surface area contributed by atoms with E-state index in [0.29, 0.717) is 0 Å². The summed E-state index contributed by atoms with van der Waals surface area (Å²) in [6, 6.07) is 0. The molecule has 0 amide bonds. The van der Waals surface area contributed by atoms with Crippen molar-refractivity contribution in [1.29, 1.82) is 0 Å². The van der Waals surface area contributed by atoms with Gasteiger partial charge in [-0.1, -0.05) is 0 Å². The van der Waals surface area contributed by atoms with Gasteiger partial charge in [0.25, 0.3) is 0 Å². The molecule has 5 heavy (non-hydrogen) atoms. The van der Waals surface area contributed by atoms with E-state index in [9.17, 15) is 0 Å². The second-order valence-electron chi connectivity index (χ2n) is 0.0833. The fourth-order valence-corrected chi connectivity index (χ4v) is 0. The van der Waals surface area contributed by atoms with Gasteiger partial charge in [-0.05, 0) is 0 Å². The Hall–Kier alpha value is 0.440. The molecule has 0 radical (unpaired) electrons. The van der Waals surface area contributed by atoms with Crippen molar-refractivity contribution in [2.24, 2.45) is 0 Å². The van der Waals surface area contributed by atoms with Crippen LogP contribution in [0.4, 0.5) is 0 Å². The Bertz CT molecular complexity index is 36.2. The predicted molar refractivity (Wildman–Crippen MR) is 11.4 cm³/mol. The first kappa shape index (κ1) is 9.06. The summed E-state index contributed by atoms with van der Waals surface area (Å²) >= 11 is 0.125. The molecular formula is CCaO3. The minimum atomic E-state index is 0.125. The van der Waals surface area contributed by atoms with E-state index in [0.717, 1.165) is 0 Å². The van der Waals surface area contributed by atoms with Gasteiger partial charge in [0.15, 0.2) is 0 Å². The molecule has 0 aromatic heterocycles. The Morgan fingerprint density at radius 1 is 1.20 bits per heavy atom. The molecular weight excluding hydrogens is 100 g/mol. The summed E-state index contributed by atoms with van der Waals surface area (Å²) in [4.78, 5) is 16.2. The topological polar surface area (TPSA) is 51.2 Å². The third kappa shape index (κ3) is 137. The van der Waals surface area contributed by atoms with E-state index in [1.54, 1.807) is 0 Å². The number of carbonyl (C=O) groups excluding carboxylic acids is 2. The van der Waals surface area contributed by atoms with E-state index in [1.807, 2.05) is 0 Å². The number of hydrogen-bond acceptors (Lipinski definition) is 3. The standard InChI is InChI=1S/CO2.Ca.O/c2-1-3;;. The van der Waals surface area contributed by atoms with E-state index in [4.69, 9.17) is 11.0 Å². The van der Waals surface area contributed by atoms with Gasteiger partial charge in [-0.3, -0.25) is 0 Å². The summed E-state index contributed by atoms with van der Waals surface area (Å²) in [5, 5.41) is 0. The molecule has 0 bridgehead atoms. The summed E-state index contributed by atoms with van der Waals surface area (Å²) in [5.74, 6) is 0. The van der Waals surface area contributed by atoms with Gasteiger partial charge in [0.2, 0.25) is 0 Å². The second kappa shape index (κ2) is 25.3. The Balaban J connectivity index is 0. The van der Waals surface area contributed by atoms with Crippen LogP contribution < -0.4 is 0 Å². The SMILES string of the molecule is O=C=O.[O]=[Ca]. The van der Waals surface area contributed by atoms with E-state index in [1.165, 1.54) is 0 Å². The van der Waals surface area contributed by atoms with Crippen LogP contribution in [0.2, 0.25) is 0 Å². The first-order valence-electron chi connectivity index (χ1n) is 0.697. The zero-order chi connectivity index (χ0) is 4.71. The summed E-state index contributed by atoms with van der Waals surface area (Å²) < 4.78 is 8.38. The Kier molecular flexibility index (Phi) is 45.9. The van der Waals surface area contributed by atoms with Gasteiger partial charge >= 0.3 is 43.5 Å². The molecule has 0 rings (SSSR count). The van der Waals surface area contributed by atoms with Crippen molar-refractivity contribution in [3.63, 3.8) is 0 Å². The van der Waals surface area contributed by atoms with Crippen molar-refractivity contribution < 1.29 is 11.0 Å². The summed E-state index contributed by atoms with van der Waals surface area (Å²) in [7, 11) is 0. The maximum atomic E-state index is 8.38. The zero-order valence-electron chi connectivity index (χ0n) is 2.43. The van der Waals surface area contributed by atoms with Gasteiger partial charge in [0, 0.05) is 0 Å². The molecule has 0 saturated carbocycles. The quantitative estimate of drug-likeness (QED) is 0.364. The molecule has 0 aliphatic rings. The van der Waals surface area contributed by atoms with Crippen LogP contribution in [0.5, 0.6) is 0 Å². The molecule has 0 N–H and O–H groups in total. The van der Waals surface area contributed by atoms with Crippen LogP contribution in [0.3, 0.4) is 0 Å². The van der Waals surface area contributed by atoms with Crippen LogP contribution in [0.1, 0.15) is 0 Å². The van der Waals surface area contributed by atoms with Crippen LogP contribution in [0.25, 0.3) is 0 Å². The maximum absolute atomic E-state index is 8.38. The summed E-state index contributed by atoms with van der Waals surface area (Å²) in [6.07, 6.45) is 0.250. The molecule has 0 aromatic carbocycles. The average Bonchev–Trinajstić information content (AvgIpc) is 1.46.